The fraction of sp³-hybridized carbons (Fsp3) is 0.278. The Morgan fingerprint density at radius 1 is 1.10 bits per heavy atom. The Kier molecular flexibility index (Phi) is 4.85. The van der Waals surface area contributed by atoms with Gasteiger partial charge in [0, 0.05) is 18.7 Å². The van der Waals surface area contributed by atoms with Crippen molar-refractivity contribution >= 4 is 16.0 Å². The molecule has 29 heavy (non-hydrogen) atoms. The normalized spacial score (nSPS) is 24.3. The van der Waals surface area contributed by atoms with Crippen molar-refractivity contribution in [2.75, 3.05) is 7.05 Å². The van der Waals surface area contributed by atoms with Crippen LogP contribution >= 0.6 is 0 Å². The molecule has 156 valence electrons. The maximum atomic E-state index is 14.6. The number of alkyl halides is 3. The van der Waals surface area contributed by atoms with E-state index in [1.165, 1.54) is 6.92 Å². The number of nitrogens with two attached hydrogens (primary N) is 1. The van der Waals surface area contributed by atoms with E-state index in [1.807, 2.05) is 0 Å². The van der Waals surface area contributed by atoms with Crippen molar-refractivity contribution in [3.63, 3.8) is 0 Å². The van der Waals surface area contributed by atoms with Crippen LogP contribution in [-0.4, -0.2) is 25.7 Å². The third-order valence-corrected chi connectivity index (χ3v) is 7.15. The van der Waals surface area contributed by atoms with E-state index in [0.29, 0.717) is 10.4 Å². The fourth-order valence-corrected chi connectivity index (χ4v) is 5.27. The number of benzene rings is 2. The molecular weight excluding hydrogens is 417 g/mol. The van der Waals surface area contributed by atoms with E-state index in [9.17, 15) is 30.4 Å². The lowest BCUT2D eigenvalue weighted by molar-refractivity contribution is -0.137. The largest absolute Gasteiger partial charge is 0.416 e. The first-order chi connectivity index (χ1) is 13.3. The van der Waals surface area contributed by atoms with Crippen LogP contribution in [-0.2, 0) is 21.7 Å². The van der Waals surface area contributed by atoms with Gasteiger partial charge in [0.05, 0.1) is 5.56 Å². The van der Waals surface area contributed by atoms with Gasteiger partial charge < -0.3 is 5.73 Å². The van der Waals surface area contributed by atoms with Gasteiger partial charge in [-0.1, -0.05) is 18.2 Å². The first-order valence-corrected chi connectivity index (χ1v) is 9.74. The van der Waals surface area contributed by atoms with Crippen LogP contribution in [0.15, 0.2) is 47.5 Å². The van der Waals surface area contributed by atoms with Crippen molar-refractivity contribution in [1.82, 2.24) is 4.31 Å². The van der Waals surface area contributed by atoms with E-state index < -0.39 is 50.1 Å². The number of rotatable bonds is 2. The Labute approximate surface area is 163 Å². The van der Waals surface area contributed by atoms with E-state index in [0.717, 1.165) is 43.4 Å². The highest BCUT2D eigenvalue weighted by molar-refractivity contribution is 7.90. The molecule has 0 radical (unpaired) electrons. The molecule has 0 saturated heterocycles. The number of sulfonamides is 1. The monoisotopic (exact) mass is 433 g/mol. The van der Waals surface area contributed by atoms with E-state index in [-0.39, 0.29) is 11.1 Å². The molecule has 0 aromatic heterocycles. The summed E-state index contributed by atoms with van der Waals surface area (Å²) in [5, 5.41) is -1.60. The van der Waals surface area contributed by atoms with Gasteiger partial charge in [-0.15, -0.1) is 0 Å². The molecule has 0 amide bonds. The first kappa shape index (κ1) is 21.0. The first-order valence-electron chi connectivity index (χ1n) is 8.24. The van der Waals surface area contributed by atoms with Crippen molar-refractivity contribution in [3.8, 4) is 0 Å². The molecule has 0 unspecified atom stereocenters. The van der Waals surface area contributed by atoms with Crippen LogP contribution in [0.1, 0.15) is 28.9 Å². The summed E-state index contributed by atoms with van der Waals surface area (Å²) in [6, 6.07) is 6.00. The molecule has 0 saturated carbocycles. The molecule has 1 aliphatic rings. The summed E-state index contributed by atoms with van der Waals surface area (Å²) < 4.78 is 93.5. The highest BCUT2D eigenvalue weighted by atomic mass is 32.2. The number of hydrogen-bond acceptors (Lipinski definition) is 4. The van der Waals surface area contributed by atoms with Crippen molar-refractivity contribution in [2.45, 2.75) is 23.9 Å². The van der Waals surface area contributed by atoms with Gasteiger partial charge in [-0.25, -0.2) is 26.5 Å². The van der Waals surface area contributed by atoms with Gasteiger partial charge in [0.25, 0.3) is 0 Å². The molecule has 0 spiro atoms. The lowest BCUT2D eigenvalue weighted by Gasteiger charge is -2.41. The van der Waals surface area contributed by atoms with Crippen molar-refractivity contribution in [3.05, 3.63) is 70.8 Å². The SMILES string of the molecule is CN1C(N)=N[C@](C)(c2ccc(F)cc2F)[C@@H](c2ccc(C(F)(F)F)cc2)S1(=O)=O. The summed E-state index contributed by atoms with van der Waals surface area (Å²) in [7, 11) is -3.17. The second-order valence-electron chi connectivity index (χ2n) is 6.75. The Hall–Kier alpha value is -2.69. The third kappa shape index (κ3) is 3.43. The number of halogens is 5. The van der Waals surface area contributed by atoms with Crippen LogP contribution in [0.25, 0.3) is 0 Å². The van der Waals surface area contributed by atoms with E-state index in [2.05, 4.69) is 4.99 Å². The molecular formula is C18H16F5N3O2S. The van der Waals surface area contributed by atoms with Gasteiger partial charge in [-0.3, -0.25) is 0 Å². The third-order valence-electron chi connectivity index (χ3n) is 4.88. The number of guanidine groups is 1. The van der Waals surface area contributed by atoms with Gasteiger partial charge in [0.2, 0.25) is 16.0 Å². The number of nitrogens with zero attached hydrogens (tertiary/aromatic N) is 2. The fourth-order valence-electron chi connectivity index (χ4n) is 3.39. The molecule has 2 aromatic carbocycles. The summed E-state index contributed by atoms with van der Waals surface area (Å²) >= 11 is 0. The van der Waals surface area contributed by atoms with E-state index in [1.54, 1.807) is 0 Å². The van der Waals surface area contributed by atoms with Crippen LogP contribution in [0.3, 0.4) is 0 Å². The van der Waals surface area contributed by atoms with Crippen LogP contribution in [0.2, 0.25) is 0 Å². The summed E-state index contributed by atoms with van der Waals surface area (Å²) in [5.41, 5.74) is 2.58. The molecule has 3 rings (SSSR count). The molecule has 0 bridgehead atoms. The average molecular weight is 433 g/mol. The predicted molar refractivity (Wildman–Crippen MR) is 96.2 cm³/mol. The average Bonchev–Trinajstić information content (AvgIpc) is 2.59. The van der Waals surface area contributed by atoms with Gasteiger partial charge in [-0.2, -0.15) is 13.2 Å². The Morgan fingerprint density at radius 2 is 1.69 bits per heavy atom. The Bertz CT molecular complexity index is 1080. The topological polar surface area (TPSA) is 75.8 Å². The molecule has 2 atom stereocenters. The molecule has 0 aliphatic carbocycles. The molecule has 5 nitrogen and oxygen atoms in total. The summed E-state index contributed by atoms with van der Waals surface area (Å²) in [6.07, 6.45) is -4.62. The van der Waals surface area contributed by atoms with Gasteiger partial charge in [0.15, 0.2) is 0 Å². The number of hydrogen-bond donors (Lipinski definition) is 1. The smallest absolute Gasteiger partial charge is 0.369 e. The minimum Gasteiger partial charge on any atom is -0.369 e. The second-order valence-corrected chi connectivity index (χ2v) is 8.80. The molecule has 1 heterocycles. The molecule has 1 aliphatic heterocycles. The quantitative estimate of drug-likeness (QED) is 0.737. The summed E-state index contributed by atoms with van der Waals surface area (Å²) in [4.78, 5) is 4.14. The number of aliphatic imine (C=N–C) groups is 1. The van der Waals surface area contributed by atoms with Crippen molar-refractivity contribution in [2.24, 2.45) is 10.7 Å². The molecule has 0 fully saturated rings. The maximum absolute atomic E-state index is 14.6. The molecule has 11 heteroatoms. The lowest BCUT2D eigenvalue weighted by Crippen LogP contribution is -2.52. The zero-order valence-electron chi connectivity index (χ0n) is 15.2. The van der Waals surface area contributed by atoms with Crippen LogP contribution in [0.4, 0.5) is 22.0 Å². The lowest BCUT2D eigenvalue weighted by atomic mass is 9.84. The molecule has 2 aromatic rings. The van der Waals surface area contributed by atoms with Crippen molar-refractivity contribution < 1.29 is 30.4 Å². The minimum absolute atomic E-state index is 0.0488. The highest BCUT2D eigenvalue weighted by Crippen LogP contribution is 2.48. The predicted octanol–water partition coefficient (Wildman–Crippen LogP) is 3.53. The standard InChI is InChI=1S/C18H16F5N3O2S/c1-17(13-8-7-12(19)9-14(13)20)15(29(27,28)26(2)16(24)25-17)10-3-5-11(6-4-10)18(21,22)23/h3-9,15H,1-2H3,(H2,24,25)/t15-,17-/m1/s1. The zero-order valence-corrected chi connectivity index (χ0v) is 16.0. The van der Waals surface area contributed by atoms with E-state index >= 15 is 0 Å². The zero-order chi connectivity index (χ0) is 21.8. The van der Waals surface area contributed by atoms with Gasteiger partial charge >= 0.3 is 6.18 Å². The van der Waals surface area contributed by atoms with Crippen LogP contribution in [0.5, 0.6) is 0 Å². The van der Waals surface area contributed by atoms with Gasteiger partial charge in [-0.05, 0) is 30.7 Å². The van der Waals surface area contributed by atoms with Crippen LogP contribution in [0, 0.1) is 11.6 Å². The minimum atomic E-state index is -4.62. The van der Waals surface area contributed by atoms with E-state index in [4.69, 9.17) is 5.73 Å². The Balaban J connectivity index is 2.27. The van der Waals surface area contributed by atoms with Gasteiger partial charge in [0.1, 0.15) is 22.4 Å². The van der Waals surface area contributed by atoms with Crippen molar-refractivity contribution in [1.29, 1.82) is 0 Å². The Morgan fingerprint density at radius 3 is 2.21 bits per heavy atom. The van der Waals surface area contributed by atoms with Crippen LogP contribution < -0.4 is 5.73 Å². The summed E-state index contributed by atoms with van der Waals surface area (Å²) in [5.74, 6) is -2.37. The second kappa shape index (κ2) is 6.68. The highest BCUT2D eigenvalue weighted by Gasteiger charge is 2.52. The maximum Gasteiger partial charge on any atom is 0.416 e. The summed E-state index contributed by atoms with van der Waals surface area (Å²) in [6.45, 7) is 1.28. The molecule has 2 N–H and O–H groups in total.